The van der Waals surface area contributed by atoms with Gasteiger partial charge in [0.25, 0.3) is 0 Å². The number of hydrogen-bond acceptors (Lipinski definition) is 1. The Morgan fingerprint density at radius 3 is 1.81 bits per heavy atom. The lowest BCUT2D eigenvalue weighted by Gasteiger charge is -2.06. The number of hydrogen-bond donors (Lipinski definition) is 0. The Kier molecular flexibility index (Phi) is 5.28. The second-order valence-electron chi connectivity index (χ2n) is 4.58. The van der Waals surface area contributed by atoms with Gasteiger partial charge in [-0.3, -0.25) is 4.98 Å². The Hall–Kier alpha value is -2.41. The highest BCUT2D eigenvalue weighted by atomic mass is 14.7. The number of rotatable bonds is 2. The lowest BCUT2D eigenvalue weighted by Crippen LogP contribution is -1.86. The summed E-state index contributed by atoms with van der Waals surface area (Å²) in [5.41, 5.74) is 5.96. The van der Waals surface area contributed by atoms with E-state index in [-0.39, 0.29) is 0 Å². The van der Waals surface area contributed by atoms with Crippen LogP contribution in [0.4, 0.5) is 0 Å². The second kappa shape index (κ2) is 7.39. The van der Waals surface area contributed by atoms with Gasteiger partial charge in [-0.1, -0.05) is 74.5 Å². The van der Waals surface area contributed by atoms with Crippen LogP contribution in [-0.2, 0) is 0 Å². The molecule has 3 rings (SSSR count). The van der Waals surface area contributed by atoms with Crippen LogP contribution in [0.25, 0.3) is 22.3 Å². The van der Waals surface area contributed by atoms with E-state index in [1.807, 2.05) is 39.1 Å². The Balaban J connectivity index is 0.000000774. The lowest BCUT2D eigenvalue weighted by atomic mass is 10.00. The van der Waals surface area contributed by atoms with Crippen molar-refractivity contribution >= 4 is 0 Å². The molecule has 1 nitrogen and oxygen atoms in total. The van der Waals surface area contributed by atoms with Crippen molar-refractivity contribution in [3.63, 3.8) is 0 Å². The van der Waals surface area contributed by atoms with Crippen LogP contribution in [0.15, 0.2) is 72.9 Å². The predicted molar refractivity (Wildman–Crippen MR) is 91.2 cm³/mol. The van der Waals surface area contributed by atoms with Gasteiger partial charge in [-0.05, 0) is 29.7 Å². The highest BCUT2D eigenvalue weighted by molar-refractivity contribution is 5.71. The van der Waals surface area contributed by atoms with E-state index < -0.39 is 0 Å². The van der Waals surface area contributed by atoms with Crippen LogP contribution >= 0.6 is 0 Å². The first-order chi connectivity index (χ1) is 10.3. The van der Waals surface area contributed by atoms with Crippen molar-refractivity contribution < 1.29 is 0 Å². The third-order valence-electron chi connectivity index (χ3n) is 3.31. The van der Waals surface area contributed by atoms with E-state index in [2.05, 4.69) is 59.6 Å². The zero-order valence-corrected chi connectivity index (χ0v) is 12.9. The first-order valence-corrected chi connectivity index (χ1v) is 7.42. The van der Waals surface area contributed by atoms with E-state index in [4.69, 9.17) is 0 Å². The molecule has 0 fully saturated rings. The van der Waals surface area contributed by atoms with Gasteiger partial charge in [-0.15, -0.1) is 0 Å². The van der Waals surface area contributed by atoms with Gasteiger partial charge in [-0.25, -0.2) is 0 Å². The molecule has 0 aliphatic rings. The standard InChI is InChI=1S/C18H15N.C2H6/c1-14-18(8-5-13-19-14)17-11-9-16(10-12-17)15-6-3-2-4-7-15;1-2/h2-13H,1H3;1-2H3. The Labute approximate surface area is 127 Å². The van der Waals surface area contributed by atoms with Crippen molar-refractivity contribution in [3.05, 3.63) is 78.6 Å². The van der Waals surface area contributed by atoms with Gasteiger partial charge in [0.1, 0.15) is 0 Å². The molecule has 106 valence electrons. The number of nitrogens with zero attached hydrogens (tertiary/aromatic N) is 1. The van der Waals surface area contributed by atoms with Gasteiger partial charge in [-0.2, -0.15) is 0 Å². The number of pyridine rings is 1. The van der Waals surface area contributed by atoms with Gasteiger partial charge >= 0.3 is 0 Å². The minimum Gasteiger partial charge on any atom is -0.261 e. The largest absolute Gasteiger partial charge is 0.261 e. The molecule has 0 unspecified atom stereocenters. The van der Waals surface area contributed by atoms with Gasteiger partial charge < -0.3 is 0 Å². The van der Waals surface area contributed by atoms with Crippen LogP contribution in [-0.4, -0.2) is 4.98 Å². The van der Waals surface area contributed by atoms with Gasteiger partial charge in [0.2, 0.25) is 0 Å². The van der Waals surface area contributed by atoms with Crippen LogP contribution in [0.2, 0.25) is 0 Å². The normalized spacial score (nSPS) is 9.67. The van der Waals surface area contributed by atoms with Crippen molar-refractivity contribution in [2.24, 2.45) is 0 Å². The topological polar surface area (TPSA) is 12.9 Å². The maximum Gasteiger partial charge on any atom is 0.0450 e. The quantitative estimate of drug-likeness (QED) is 0.580. The van der Waals surface area contributed by atoms with Gasteiger partial charge in [0.05, 0.1) is 0 Å². The molecule has 3 aromatic rings. The molecular formula is C20H21N. The fourth-order valence-corrected chi connectivity index (χ4v) is 2.26. The van der Waals surface area contributed by atoms with E-state index in [0.29, 0.717) is 0 Å². The fourth-order valence-electron chi connectivity index (χ4n) is 2.26. The number of aryl methyl sites for hydroxylation is 1. The maximum absolute atomic E-state index is 4.34. The molecule has 0 aliphatic heterocycles. The molecule has 21 heavy (non-hydrogen) atoms. The molecule has 0 radical (unpaired) electrons. The molecule has 0 aliphatic carbocycles. The van der Waals surface area contributed by atoms with Crippen LogP contribution in [0.5, 0.6) is 0 Å². The van der Waals surface area contributed by atoms with Gasteiger partial charge in [0.15, 0.2) is 0 Å². The van der Waals surface area contributed by atoms with E-state index in [0.717, 1.165) is 5.69 Å². The minimum atomic E-state index is 1.06. The van der Waals surface area contributed by atoms with Crippen molar-refractivity contribution in [1.29, 1.82) is 0 Å². The number of aromatic nitrogens is 1. The van der Waals surface area contributed by atoms with Crippen molar-refractivity contribution in [1.82, 2.24) is 4.98 Å². The molecule has 1 aromatic heterocycles. The second-order valence-corrected chi connectivity index (χ2v) is 4.58. The fraction of sp³-hybridized carbons (Fsp3) is 0.150. The predicted octanol–water partition coefficient (Wildman–Crippen LogP) is 5.75. The van der Waals surface area contributed by atoms with E-state index in [1.54, 1.807) is 0 Å². The Morgan fingerprint density at radius 2 is 1.19 bits per heavy atom. The van der Waals surface area contributed by atoms with Crippen LogP contribution in [0.1, 0.15) is 19.5 Å². The Bertz CT molecular complexity index is 670. The van der Waals surface area contributed by atoms with Gasteiger partial charge in [0, 0.05) is 17.5 Å². The zero-order valence-electron chi connectivity index (χ0n) is 12.9. The third-order valence-corrected chi connectivity index (χ3v) is 3.31. The summed E-state index contributed by atoms with van der Waals surface area (Å²) in [6.45, 7) is 6.04. The molecule has 1 heterocycles. The molecule has 2 aromatic carbocycles. The summed E-state index contributed by atoms with van der Waals surface area (Å²) in [6, 6.07) is 23.2. The monoisotopic (exact) mass is 275 g/mol. The first-order valence-electron chi connectivity index (χ1n) is 7.42. The molecule has 0 saturated carbocycles. The van der Waals surface area contributed by atoms with E-state index in [9.17, 15) is 0 Å². The molecule has 0 bridgehead atoms. The van der Waals surface area contributed by atoms with Crippen molar-refractivity contribution in [3.8, 4) is 22.3 Å². The smallest absolute Gasteiger partial charge is 0.0450 e. The highest BCUT2D eigenvalue weighted by Gasteiger charge is 2.02. The van der Waals surface area contributed by atoms with Crippen molar-refractivity contribution in [2.45, 2.75) is 20.8 Å². The average molecular weight is 275 g/mol. The molecule has 0 amide bonds. The van der Waals surface area contributed by atoms with Crippen LogP contribution < -0.4 is 0 Å². The summed E-state index contributed by atoms with van der Waals surface area (Å²) >= 11 is 0. The Morgan fingerprint density at radius 1 is 0.619 bits per heavy atom. The lowest BCUT2D eigenvalue weighted by molar-refractivity contribution is 1.20. The zero-order chi connectivity index (χ0) is 15.1. The summed E-state index contributed by atoms with van der Waals surface area (Å²) in [7, 11) is 0. The first kappa shape index (κ1) is 15.0. The van der Waals surface area contributed by atoms with Crippen molar-refractivity contribution in [2.75, 3.05) is 0 Å². The average Bonchev–Trinajstić information content (AvgIpc) is 2.58. The molecule has 0 N–H and O–H groups in total. The van der Waals surface area contributed by atoms with E-state index in [1.165, 1.54) is 22.3 Å². The summed E-state index contributed by atoms with van der Waals surface area (Å²) < 4.78 is 0. The molecule has 0 saturated heterocycles. The summed E-state index contributed by atoms with van der Waals surface area (Å²) in [5, 5.41) is 0. The highest BCUT2D eigenvalue weighted by Crippen LogP contribution is 2.25. The molecule has 1 heteroatoms. The summed E-state index contributed by atoms with van der Waals surface area (Å²) in [5.74, 6) is 0. The third kappa shape index (κ3) is 3.57. The van der Waals surface area contributed by atoms with Crippen LogP contribution in [0.3, 0.4) is 0 Å². The maximum atomic E-state index is 4.34. The minimum absolute atomic E-state index is 1.06. The number of benzene rings is 2. The molecule has 0 spiro atoms. The molecule has 0 atom stereocenters. The molecular weight excluding hydrogens is 254 g/mol. The van der Waals surface area contributed by atoms with E-state index >= 15 is 0 Å². The summed E-state index contributed by atoms with van der Waals surface area (Å²) in [4.78, 5) is 4.34. The summed E-state index contributed by atoms with van der Waals surface area (Å²) in [6.07, 6.45) is 1.83. The van der Waals surface area contributed by atoms with Crippen LogP contribution in [0, 0.1) is 6.92 Å². The SMILES string of the molecule is CC.Cc1ncccc1-c1ccc(-c2ccccc2)cc1.